The zero-order valence-electron chi connectivity index (χ0n) is 24.8. The number of carbonyl (C=O) groups is 2. The lowest BCUT2D eigenvalue weighted by Crippen LogP contribution is -2.80. The van der Waals surface area contributed by atoms with Crippen molar-refractivity contribution in [3.63, 3.8) is 0 Å². The molecule has 3 fully saturated rings. The average Bonchev–Trinajstić information content (AvgIpc) is 3.84. The van der Waals surface area contributed by atoms with Crippen LogP contribution < -0.4 is 9.80 Å². The first-order valence-corrected chi connectivity index (χ1v) is 16.1. The second-order valence-electron chi connectivity index (χ2n) is 13.0. The van der Waals surface area contributed by atoms with Crippen LogP contribution in [0.1, 0.15) is 47.9 Å². The van der Waals surface area contributed by atoms with Gasteiger partial charge in [0.2, 0.25) is 0 Å². The third-order valence-corrected chi connectivity index (χ3v) is 11.1. The minimum atomic E-state index is -1.17. The van der Waals surface area contributed by atoms with Crippen LogP contribution in [0.5, 0.6) is 0 Å². The molecule has 44 heavy (non-hydrogen) atoms. The highest BCUT2D eigenvalue weighted by atomic mass is 16.2. The molecule has 0 aromatic heterocycles. The lowest BCUT2D eigenvalue weighted by molar-refractivity contribution is -0.180. The van der Waals surface area contributed by atoms with Gasteiger partial charge in [0.25, 0.3) is 11.8 Å². The molecule has 0 bridgehead atoms. The number of hydrogen-bond donors (Lipinski definition) is 0. The SMILES string of the molecule is O=C1N(Cc2ccccc2)c2ccccc2[C@@]12N1CCC[C@H]1[C@@H]1CCCN1[C@]21C(=O)N(Cc2ccccc2)c2ccccc21. The maximum Gasteiger partial charge on any atom is 0.255 e. The van der Waals surface area contributed by atoms with Gasteiger partial charge in [-0.1, -0.05) is 97.1 Å². The predicted molar refractivity (Wildman–Crippen MR) is 171 cm³/mol. The van der Waals surface area contributed by atoms with Gasteiger partial charge >= 0.3 is 0 Å². The van der Waals surface area contributed by atoms with E-state index in [0.717, 1.165) is 72.4 Å². The monoisotopic (exact) mass is 580 g/mol. The van der Waals surface area contributed by atoms with E-state index in [2.05, 4.69) is 70.5 Å². The molecule has 4 aromatic carbocycles. The number of benzene rings is 4. The Morgan fingerprint density at radius 2 is 0.909 bits per heavy atom. The van der Waals surface area contributed by atoms with Crippen molar-refractivity contribution in [3.05, 3.63) is 131 Å². The highest BCUT2D eigenvalue weighted by Gasteiger charge is 2.79. The van der Waals surface area contributed by atoms with E-state index in [0.29, 0.717) is 13.1 Å². The highest BCUT2D eigenvalue weighted by molar-refractivity contribution is 6.18. The molecule has 6 heteroatoms. The van der Waals surface area contributed by atoms with Gasteiger partial charge in [-0.2, -0.15) is 0 Å². The van der Waals surface area contributed by atoms with E-state index in [4.69, 9.17) is 0 Å². The molecule has 6 nitrogen and oxygen atoms in total. The molecule has 0 aliphatic carbocycles. The van der Waals surface area contributed by atoms with Crippen LogP contribution in [0.3, 0.4) is 0 Å². The first-order valence-electron chi connectivity index (χ1n) is 16.1. The summed E-state index contributed by atoms with van der Waals surface area (Å²) in [5.74, 6) is 0.0639. The number of carbonyl (C=O) groups excluding carboxylic acids is 2. The van der Waals surface area contributed by atoms with Crippen molar-refractivity contribution >= 4 is 23.2 Å². The molecule has 0 N–H and O–H groups in total. The van der Waals surface area contributed by atoms with Gasteiger partial charge in [-0.25, -0.2) is 0 Å². The van der Waals surface area contributed by atoms with Gasteiger partial charge < -0.3 is 9.80 Å². The Labute approximate surface area is 258 Å². The molecule has 9 rings (SSSR count). The molecule has 5 heterocycles. The van der Waals surface area contributed by atoms with Crippen LogP contribution in [-0.2, 0) is 33.8 Å². The van der Waals surface area contributed by atoms with Gasteiger partial charge in [-0.05, 0) is 48.9 Å². The molecule has 2 amide bonds. The largest absolute Gasteiger partial charge is 0.306 e. The van der Waals surface area contributed by atoms with E-state index in [9.17, 15) is 0 Å². The number of piperazine rings is 1. The maximum absolute atomic E-state index is 15.7. The minimum absolute atomic E-state index is 0.0320. The van der Waals surface area contributed by atoms with E-state index in [1.54, 1.807) is 0 Å². The first-order chi connectivity index (χ1) is 21.7. The topological polar surface area (TPSA) is 47.1 Å². The number of fused-ring (bicyclic) bond motifs is 10. The number of hydrogen-bond acceptors (Lipinski definition) is 4. The Balaban J connectivity index is 1.33. The molecule has 5 aliphatic rings. The standard InChI is InChI=1S/C38H36N4O2/c43-35-37(29-17-7-9-19-31(29)39(35)25-27-13-3-1-4-14-27)38(42-24-12-22-34(42)33-21-11-23-41(33)37)30-18-8-10-20-32(30)40(36(38)44)26-28-15-5-2-6-16-28/h1-10,13-20,33-34H,11-12,21-26H2/t33-,34-,37+,38+/m0/s1. The molecule has 220 valence electrons. The van der Waals surface area contributed by atoms with Crippen molar-refractivity contribution in [3.8, 4) is 0 Å². The van der Waals surface area contributed by atoms with Crippen LogP contribution >= 0.6 is 0 Å². The quantitative estimate of drug-likeness (QED) is 0.306. The van der Waals surface area contributed by atoms with Gasteiger partial charge in [0, 0.05) is 47.7 Å². The van der Waals surface area contributed by atoms with Crippen LogP contribution in [-0.4, -0.2) is 46.8 Å². The third kappa shape index (κ3) is 3.17. The Morgan fingerprint density at radius 1 is 0.523 bits per heavy atom. The molecule has 5 aliphatic heterocycles. The van der Waals surface area contributed by atoms with E-state index < -0.39 is 11.1 Å². The van der Waals surface area contributed by atoms with Crippen molar-refractivity contribution in [2.75, 3.05) is 22.9 Å². The van der Waals surface area contributed by atoms with Gasteiger partial charge in [-0.3, -0.25) is 19.4 Å². The van der Waals surface area contributed by atoms with Crippen LogP contribution in [0.2, 0.25) is 0 Å². The summed E-state index contributed by atoms with van der Waals surface area (Å²) in [5, 5.41) is 0. The molecule has 4 aromatic rings. The molecule has 0 radical (unpaired) electrons. The zero-order chi connectivity index (χ0) is 29.5. The summed E-state index contributed by atoms with van der Waals surface area (Å²) in [5.41, 5.74) is 3.63. The summed E-state index contributed by atoms with van der Waals surface area (Å²) >= 11 is 0. The lowest BCUT2D eigenvalue weighted by Gasteiger charge is -2.61. The summed E-state index contributed by atoms with van der Waals surface area (Å²) in [4.78, 5) is 40.5. The zero-order valence-corrected chi connectivity index (χ0v) is 24.8. The second kappa shape index (κ2) is 9.62. The highest BCUT2D eigenvalue weighted by Crippen LogP contribution is 2.66. The van der Waals surface area contributed by atoms with Gasteiger partial charge in [-0.15, -0.1) is 0 Å². The smallest absolute Gasteiger partial charge is 0.255 e. The van der Waals surface area contributed by atoms with Crippen molar-refractivity contribution in [1.82, 2.24) is 9.80 Å². The van der Waals surface area contributed by atoms with E-state index in [1.807, 2.05) is 58.3 Å². The Morgan fingerprint density at radius 3 is 1.34 bits per heavy atom. The van der Waals surface area contributed by atoms with Crippen molar-refractivity contribution in [1.29, 1.82) is 0 Å². The number of para-hydroxylation sites is 2. The molecule has 3 saturated heterocycles. The summed E-state index contributed by atoms with van der Waals surface area (Å²) in [6.45, 7) is 2.56. The first kappa shape index (κ1) is 26.2. The Bertz CT molecular complexity index is 1650. The van der Waals surface area contributed by atoms with Crippen LogP contribution in [0.4, 0.5) is 11.4 Å². The normalized spacial score (nSPS) is 29.0. The summed E-state index contributed by atoms with van der Waals surface area (Å²) in [7, 11) is 0. The number of anilines is 2. The minimum Gasteiger partial charge on any atom is -0.306 e. The van der Waals surface area contributed by atoms with Crippen LogP contribution in [0.15, 0.2) is 109 Å². The fourth-order valence-electron chi connectivity index (χ4n) is 9.60. The Kier molecular flexibility index (Phi) is 5.72. The van der Waals surface area contributed by atoms with E-state index in [1.165, 1.54) is 0 Å². The number of nitrogens with zero attached hydrogens (tertiary/aromatic N) is 4. The van der Waals surface area contributed by atoms with Crippen LogP contribution in [0, 0.1) is 0 Å². The molecular weight excluding hydrogens is 544 g/mol. The molecular formula is C38H36N4O2. The summed E-state index contributed by atoms with van der Waals surface area (Å²) < 4.78 is 0. The van der Waals surface area contributed by atoms with Gasteiger partial charge in [0.1, 0.15) is 0 Å². The van der Waals surface area contributed by atoms with E-state index in [-0.39, 0.29) is 23.9 Å². The molecule has 4 atom stereocenters. The summed E-state index contributed by atoms with van der Waals surface area (Å²) in [6, 6.07) is 37.6. The van der Waals surface area contributed by atoms with Gasteiger partial charge in [0.05, 0.1) is 13.1 Å². The molecule has 2 spiro atoms. The van der Waals surface area contributed by atoms with Gasteiger partial charge in [0.15, 0.2) is 11.1 Å². The Hall–Kier alpha value is -4.26. The lowest BCUT2D eigenvalue weighted by atomic mass is 9.64. The fraction of sp³-hybridized carbons (Fsp3) is 0.316. The van der Waals surface area contributed by atoms with Crippen molar-refractivity contribution in [2.24, 2.45) is 0 Å². The average molecular weight is 581 g/mol. The predicted octanol–water partition coefficient (Wildman–Crippen LogP) is 5.81. The van der Waals surface area contributed by atoms with Crippen molar-refractivity contribution in [2.45, 2.75) is 61.9 Å². The van der Waals surface area contributed by atoms with E-state index >= 15 is 9.59 Å². The third-order valence-electron chi connectivity index (χ3n) is 11.1. The number of amides is 2. The second-order valence-corrected chi connectivity index (χ2v) is 13.0. The summed E-state index contributed by atoms with van der Waals surface area (Å²) in [6.07, 6.45) is 4.17. The van der Waals surface area contributed by atoms with Crippen LogP contribution in [0.25, 0.3) is 0 Å². The van der Waals surface area contributed by atoms with Crippen molar-refractivity contribution < 1.29 is 9.59 Å². The number of rotatable bonds is 4. The molecule has 0 saturated carbocycles. The fourth-order valence-corrected chi connectivity index (χ4v) is 9.60. The maximum atomic E-state index is 15.7. The molecule has 0 unspecified atom stereocenters.